The van der Waals surface area contributed by atoms with E-state index >= 15 is 0 Å². The predicted octanol–water partition coefficient (Wildman–Crippen LogP) is 2.13. The molecule has 0 saturated heterocycles. The summed E-state index contributed by atoms with van der Waals surface area (Å²) in [5.41, 5.74) is 13.3. The van der Waals surface area contributed by atoms with Crippen molar-refractivity contribution in [2.45, 2.75) is 31.7 Å². The molecule has 0 spiro atoms. The minimum atomic E-state index is 0. The van der Waals surface area contributed by atoms with Crippen LogP contribution >= 0.6 is 12.4 Å². The number of benzene rings is 1. The molecule has 0 radical (unpaired) electrons. The molecule has 1 saturated carbocycles. The minimum absolute atomic E-state index is 0. The van der Waals surface area contributed by atoms with Gasteiger partial charge in [-0.2, -0.15) is 0 Å². The molecular formula is C12H19ClN4. The molecule has 6 N–H and O–H groups in total. The van der Waals surface area contributed by atoms with Crippen LogP contribution in [0.4, 0.5) is 11.4 Å². The number of nitrogen functional groups attached to an aromatic ring is 2. The minimum Gasteiger partial charge on any atom is -0.397 e. The van der Waals surface area contributed by atoms with Gasteiger partial charge in [0, 0.05) is 11.6 Å². The summed E-state index contributed by atoms with van der Waals surface area (Å²) in [6.07, 6.45) is 4.84. The highest BCUT2D eigenvalue weighted by atomic mass is 35.5. The fourth-order valence-electron chi connectivity index (χ4n) is 2.09. The van der Waals surface area contributed by atoms with E-state index in [-0.39, 0.29) is 12.4 Å². The Morgan fingerprint density at radius 3 is 2.41 bits per heavy atom. The molecule has 1 aliphatic rings. The van der Waals surface area contributed by atoms with Gasteiger partial charge < -0.3 is 16.8 Å². The molecule has 0 amide bonds. The second-order valence-electron chi connectivity index (χ2n) is 4.34. The molecule has 0 unspecified atom stereocenters. The first-order valence-electron chi connectivity index (χ1n) is 5.67. The lowest BCUT2D eigenvalue weighted by atomic mass is 10.1. The molecule has 4 nitrogen and oxygen atoms in total. The third-order valence-corrected chi connectivity index (χ3v) is 3.08. The maximum atomic E-state index is 7.95. The highest BCUT2D eigenvalue weighted by Crippen LogP contribution is 2.19. The average molecular weight is 255 g/mol. The standard InChI is InChI=1S/C12H18N4.ClH/c13-10-6-5-8(7-11(10)14)12(15)16-9-3-1-2-4-9;/h5-7,9H,1-4,13-14H2,(H2,15,16);1H. The summed E-state index contributed by atoms with van der Waals surface area (Å²) < 4.78 is 0. The molecule has 2 rings (SSSR count). The number of hydrogen-bond donors (Lipinski definition) is 4. The molecule has 0 atom stereocenters. The van der Waals surface area contributed by atoms with Crippen molar-refractivity contribution in [3.8, 4) is 0 Å². The van der Waals surface area contributed by atoms with Crippen LogP contribution in [0.1, 0.15) is 31.2 Å². The Morgan fingerprint density at radius 2 is 1.82 bits per heavy atom. The van der Waals surface area contributed by atoms with Crippen molar-refractivity contribution in [1.82, 2.24) is 5.32 Å². The highest BCUT2D eigenvalue weighted by molar-refractivity contribution is 5.98. The van der Waals surface area contributed by atoms with Crippen molar-refractivity contribution < 1.29 is 0 Å². The fourth-order valence-corrected chi connectivity index (χ4v) is 2.09. The largest absolute Gasteiger partial charge is 0.397 e. The Bertz CT molecular complexity index is 399. The molecule has 1 fully saturated rings. The zero-order valence-corrected chi connectivity index (χ0v) is 10.5. The van der Waals surface area contributed by atoms with Crippen LogP contribution in [0.15, 0.2) is 18.2 Å². The average Bonchev–Trinajstić information content (AvgIpc) is 2.74. The van der Waals surface area contributed by atoms with E-state index in [4.69, 9.17) is 16.9 Å². The Hall–Kier alpha value is -1.42. The number of rotatable bonds is 2. The second kappa shape index (κ2) is 5.77. The summed E-state index contributed by atoms with van der Waals surface area (Å²) in [5.74, 6) is 0.443. The van der Waals surface area contributed by atoms with Crippen LogP contribution in [0, 0.1) is 5.41 Å². The van der Waals surface area contributed by atoms with Crippen LogP contribution in [0.25, 0.3) is 0 Å². The van der Waals surface area contributed by atoms with Crippen LogP contribution in [0.2, 0.25) is 0 Å². The zero-order valence-electron chi connectivity index (χ0n) is 9.70. The van der Waals surface area contributed by atoms with E-state index in [9.17, 15) is 0 Å². The third kappa shape index (κ3) is 3.27. The number of anilines is 2. The van der Waals surface area contributed by atoms with Gasteiger partial charge in [-0.15, -0.1) is 12.4 Å². The Balaban J connectivity index is 0.00000144. The molecule has 0 heterocycles. The van der Waals surface area contributed by atoms with E-state index in [2.05, 4.69) is 5.32 Å². The monoisotopic (exact) mass is 254 g/mol. The first kappa shape index (κ1) is 13.6. The maximum absolute atomic E-state index is 7.95. The number of nitrogens with two attached hydrogens (primary N) is 2. The van der Waals surface area contributed by atoms with Crippen molar-refractivity contribution in [1.29, 1.82) is 5.41 Å². The molecule has 94 valence electrons. The van der Waals surface area contributed by atoms with Gasteiger partial charge in [0.15, 0.2) is 0 Å². The lowest BCUT2D eigenvalue weighted by Crippen LogP contribution is -2.32. The lowest BCUT2D eigenvalue weighted by Gasteiger charge is -2.15. The SMILES string of the molecule is Cl.N=C(NC1CCCC1)c1ccc(N)c(N)c1. The molecular weight excluding hydrogens is 236 g/mol. The molecule has 1 aliphatic carbocycles. The van der Waals surface area contributed by atoms with Crippen LogP contribution in [-0.2, 0) is 0 Å². The van der Waals surface area contributed by atoms with Gasteiger partial charge in [0.1, 0.15) is 5.84 Å². The number of nitrogens with one attached hydrogen (secondary N) is 2. The molecule has 0 aromatic heterocycles. The van der Waals surface area contributed by atoms with E-state index in [0.29, 0.717) is 23.3 Å². The van der Waals surface area contributed by atoms with Crippen molar-refractivity contribution in [2.24, 2.45) is 0 Å². The summed E-state index contributed by atoms with van der Waals surface area (Å²) in [5, 5.41) is 11.2. The second-order valence-corrected chi connectivity index (χ2v) is 4.34. The lowest BCUT2D eigenvalue weighted by molar-refractivity contribution is 0.629. The first-order chi connectivity index (χ1) is 7.66. The topological polar surface area (TPSA) is 87.9 Å². The fraction of sp³-hybridized carbons (Fsp3) is 0.417. The Morgan fingerprint density at radius 1 is 1.18 bits per heavy atom. The van der Waals surface area contributed by atoms with Crippen molar-refractivity contribution >= 4 is 29.6 Å². The normalized spacial score (nSPS) is 15.3. The molecule has 1 aromatic rings. The number of amidine groups is 1. The molecule has 0 aliphatic heterocycles. The summed E-state index contributed by atoms with van der Waals surface area (Å²) in [6, 6.07) is 5.77. The van der Waals surface area contributed by atoms with Gasteiger partial charge in [-0.05, 0) is 31.0 Å². The molecule has 0 bridgehead atoms. The van der Waals surface area contributed by atoms with E-state index in [1.807, 2.05) is 6.07 Å². The molecule has 17 heavy (non-hydrogen) atoms. The van der Waals surface area contributed by atoms with Gasteiger partial charge in [0.05, 0.1) is 11.4 Å². The van der Waals surface area contributed by atoms with Gasteiger partial charge >= 0.3 is 0 Å². The summed E-state index contributed by atoms with van der Waals surface area (Å²) in [4.78, 5) is 0. The van der Waals surface area contributed by atoms with Crippen LogP contribution in [0.3, 0.4) is 0 Å². The smallest absolute Gasteiger partial charge is 0.125 e. The summed E-state index contributed by atoms with van der Waals surface area (Å²) in [6.45, 7) is 0. The zero-order chi connectivity index (χ0) is 11.5. The summed E-state index contributed by atoms with van der Waals surface area (Å²) >= 11 is 0. The van der Waals surface area contributed by atoms with Gasteiger partial charge in [0.25, 0.3) is 0 Å². The van der Waals surface area contributed by atoms with Gasteiger partial charge in [0.2, 0.25) is 0 Å². The first-order valence-corrected chi connectivity index (χ1v) is 5.67. The predicted molar refractivity (Wildman–Crippen MR) is 74.7 cm³/mol. The number of hydrogen-bond acceptors (Lipinski definition) is 3. The Kier molecular flexibility index (Phi) is 4.63. The quantitative estimate of drug-likeness (QED) is 0.370. The van der Waals surface area contributed by atoms with Gasteiger partial charge in [-0.25, -0.2) is 0 Å². The van der Waals surface area contributed by atoms with Crippen molar-refractivity contribution in [3.05, 3.63) is 23.8 Å². The highest BCUT2D eigenvalue weighted by Gasteiger charge is 2.16. The Labute approximate surface area is 108 Å². The van der Waals surface area contributed by atoms with Crippen LogP contribution in [0.5, 0.6) is 0 Å². The number of halogens is 1. The summed E-state index contributed by atoms with van der Waals surface area (Å²) in [7, 11) is 0. The van der Waals surface area contributed by atoms with Gasteiger partial charge in [-0.1, -0.05) is 12.8 Å². The van der Waals surface area contributed by atoms with Gasteiger partial charge in [-0.3, -0.25) is 5.41 Å². The molecule has 1 aromatic carbocycles. The van der Waals surface area contributed by atoms with Crippen molar-refractivity contribution in [2.75, 3.05) is 11.5 Å². The van der Waals surface area contributed by atoms with Crippen LogP contribution in [-0.4, -0.2) is 11.9 Å². The van der Waals surface area contributed by atoms with E-state index in [1.54, 1.807) is 12.1 Å². The van der Waals surface area contributed by atoms with E-state index in [0.717, 1.165) is 18.4 Å². The van der Waals surface area contributed by atoms with E-state index in [1.165, 1.54) is 12.8 Å². The third-order valence-electron chi connectivity index (χ3n) is 3.08. The van der Waals surface area contributed by atoms with Crippen LogP contribution < -0.4 is 16.8 Å². The molecule has 5 heteroatoms. The maximum Gasteiger partial charge on any atom is 0.125 e. The van der Waals surface area contributed by atoms with Crippen molar-refractivity contribution in [3.63, 3.8) is 0 Å². The van der Waals surface area contributed by atoms with E-state index < -0.39 is 0 Å².